The molecule has 0 amide bonds. The van der Waals surface area contributed by atoms with Gasteiger partial charge in [0.05, 0.1) is 0 Å². The number of hydrogen-bond acceptors (Lipinski definition) is 2. The number of aromatic hydroxyl groups is 2. The Hall–Kier alpha value is -1.70. The van der Waals surface area contributed by atoms with Crippen LogP contribution in [0.3, 0.4) is 0 Å². The van der Waals surface area contributed by atoms with Crippen molar-refractivity contribution in [1.29, 1.82) is 0 Å². The second kappa shape index (κ2) is 2.41. The van der Waals surface area contributed by atoms with E-state index in [1.54, 1.807) is 12.1 Å². The van der Waals surface area contributed by atoms with Gasteiger partial charge in [-0.25, -0.2) is 0 Å². The lowest BCUT2D eigenvalue weighted by atomic mass is 10.0. The molecule has 0 saturated carbocycles. The fraction of sp³-hybridized carbons (Fsp3) is 0.167. The number of rotatable bonds is 0. The van der Waals surface area contributed by atoms with Gasteiger partial charge >= 0.3 is 0 Å². The summed E-state index contributed by atoms with van der Waals surface area (Å²) in [5.74, 6) is 0.567. The van der Waals surface area contributed by atoms with Crippen LogP contribution in [0.2, 0.25) is 0 Å². The summed E-state index contributed by atoms with van der Waals surface area (Å²) in [5.41, 5.74) is 2.38. The van der Waals surface area contributed by atoms with Crippen molar-refractivity contribution in [3.05, 3.63) is 35.4 Å². The van der Waals surface area contributed by atoms with Crippen molar-refractivity contribution in [3.8, 4) is 11.5 Å². The Bertz CT molecular complexity index is 485. The first-order valence-corrected chi connectivity index (χ1v) is 4.71. The van der Waals surface area contributed by atoms with E-state index < -0.39 is 0 Å². The lowest BCUT2D eigenvalue weighted by molar-refractivity contribution is 0.474. The van der Waals surface area contributed by atoms with E-state index in [0.717, 1.165) is 18.2 Å². The van der Waals surface area contributed by atoms with Crippen LogP contribution in [0, 0.1) is 0 Å². The largest absolute Gasteiger partial charge is 0.508 e. The molecule has 70 valence electrons. The molecule has 2 nitrogen and oxygen atoms in total. The van der Waals surface area contributed by atoms with Crippen molar-refractivity contribution in [3.63, 3.8) is 0 Å². The van der Waals surface area contributed by atoms with E-state index in [0.29, 0.717) is 0 Å². The van der Waals surface area contributed by atoms with Crippen LogP contribution in [0.4, 0.5) is 0 Å². The lowest BCUT2D eigenvalue weighted by Crippen LogP contribution is -1.79. The predicted octanol–water partition coefficient (Wildman–Crippen LogP) is 2.35. The molecule has 0 bridgehead atoms. The average Bonchev–Trinajstić information content (AvgIpc) is 2.48. The highest BCUT2D eigenvalue weighted by atomic mass is 16.3. The minimum Gasteiger partial charge on any atom is -0.508 e. The zero-order valence-electron chi connectivity index (χ0n) is 7.62. The molecule has 0 saturated heterocycles. The van der Waals surface area contributed by atoms with Gasteiger partial charge in [-0.1, -0.05) is 0 Å². The van der Waals surface area contributed by atoms with Crippen molar-refractivity contribution >= 4 is 10.8 Å². The van der Waals surface area contributed by atoms with Gasteiger partial charge in [-0.2, -0.15) is 0 Å². The molecule has 0 unspecified atom stereocenters. The first kappa shape index (κ1) is 7.68. The molecule has 0 radical (unpaired) electrons. The maximum atomic E-state index is 9.47. The van der Waals surface area contributed by atoms with E-state index in [9.17, 15) is 10.2 Å². The summed E-state index contributed by atoms with van der Waals surface area (Å²) in [7, 11) is 0. The van der Waals surface area contributed by atoms with Gasteiger partial charge in [0.1, 0.15) is 11.5 Å². The summed E-state index contributed by atoms with van der Waals surface area (Å²) < 4.78 is 0. The Morgan fingerprint density at radius 3 is 1.79 bits per heavy atom. The van der Waals surface area contributed by atoms with Gasteiger partial charge in [0.25, 0.3) is 0 Å². The molecule has 0 spiro atoms. The smallest absolute Gasteiger partial charge is 0.116 e. The van der Waals surface area contributed by atoms with Crippen molar-refractivity contribution in [2.24, 2.45) is 0 Å². The summed E-state index contributed by atoms with van der Waals surface area (Å²) in [5, 5.41) is 21.1. The maximum Gasteiger partial charge on any atom is 0.116 e. The Morgan fingerprint density at radius 1 is 0.786 bits per heavy atom. The Kier molecular flexibility index (Phi) is 1.32. The summed E-state index contributed by atoms with van der Waals surface area (Å²) in [6.07, 6.45) is 1.92. The third-order valence-corrected chi connectivity index (χ3v) is 2.85. The molecule has 3 rings (SSSR count). The number of benzene rings is 2. The monoisotopic (exact) mass is 186 g/mol. The quantitative estimate of drug-likeness (QED) is 0.663. The van der Waals surface area contributed by atoms with E-state index in [1.807, 2.05) is 12.1 Å². The summed E-state index contributed by atoms with van der Waals surface area (Å²) >= 11 is 0. The van der Waals surface area contributed by atoms with Crippen LogP contribution in [-0.4, -0.2) is 10.2 Å². The van der Waals surface area contributed by atoms with Gasteiger partial charge in [-0.15, -0.1) is 0 Å². The van der Waals surface area contributed by atoms with E-state index in [2.05, 4.69) is 0 Å². The fourth-order valence-corrected chi connectivity index (χ4v) is 2.33. The fourth-order valence-electron chi connectivity index (χ4n) is 2.33. The Labute approximate surface area is 81.4 Å². The minimum absolute atomic E-state index is 0.283. The zero-order chi connectivity index (χ0) is 9.71. The summed E-state index contributed by atoms with van der Waals surface area (Å²) in [4.78, 5) is 0. The maximum absolute atomic E-state index is 9.47. The normalized spacial score (nSPS) is 13.7. The van der Waals surface area contributed by atoms with Gasteiger partial charge in [0.15, 0.2) is 0 Å². The first-order chi connectivity index (χ1) is 6.74. The van der Waals surface area contributed by atoms with Crippen LogP contribution < -0.4 is 0 Å². The Balaban J connectivity index is 2.51. The van der Waals surface area contributed by atoms with Gasteiger partial charge in [0.2, 0.25) is 0 Å². The number of phenols is 2. The second-order valence-corrected chi connectivity index (χ2v) is 3.81. The molecule has 2 aromatic carbocycles. The van der Waals surface area contributed by atoms with Crippen LogP contribution in [0.15, 0.2) is 24.3 Å². The zero-order valence-corrected chi connectivity index (χ0v) is 7.62. The van der Waals surface area contributed by atoms with Crippen LogP contribution in [0.25, 0.3) is 10.8 Å². The molecule has 2 aromatic rings. The molecule has 0 aromatic heterocycles. The molecular formula is C12H10O2. The standard InChI is InChI=1S/C12H10O2/c13-10-3-7-1-2-8-4-11(14)6-9(5-10)12(7)8/h3-6,13-14H,1-2H2. The van der Waals surface area contributed by atoms with Gasteiger partial charge in [-0.05, 0) is 59.0 Å². The molecule has 0 atom stereocenters. The predicted molar refractivity (Wildman–Crippen MR) is 54.7 cm³/mol. The highest BCUT2D eigenvalue weighted by Gasteiger charge is 2.15. The topological polar surface area (TPSA) is 40.5 Å². The van der Waals surface area contributed by atoms with Crippen LogP contribution in [-0.2, 0) is 12.8 Å². The van der Waals surface area contributed by atoms with E-state index >= 15 is 0 Å². The summed E-state index contributed by atoms with van der Waals surface area (Å²) in [6, 6.07) is 7.03. The van der Waals surface area contributed by atoms with Crippen LogP contribution in [0.5, 0.6) is 11.5 Å². The van der Waals surface area contributed by atoms with E-state index in [4.69, 9.17) is 0 Å². The molecule has 0 fully saturated rings. The molecule has 14 heavy (non-hydrogen) atoms. The highest BCUT2D eigenvalue weighted by Crippen LogP contribution is 2.36. The van der Waals surface area contributed by atoms with Gasteiger partial charge in [0, 0.05) is 0 Å². The molecule has 0 heterocycles. The summed E-state index contributed by atoms with van der Waals surface area (Å²) in [6.45, 7) is 0. The third-order valence-electron chi connectivity index (χ3n) is 2.85. The number of aryl methyl sites for hydroxylation is 2. The molecule has 0 aliphatic heterocycles. The average molecular weight is 186 g/mol. The third kappa shape index (κ3) is 0.909. The molecular weight excluding hydrogens is 176 g/mol. The van der Waals surface area contributed by atoms with Crippen molar-refractivity contribution < 1.29 is 10.2 Å². The first-order valence-electron chi connectivity index (χ1n) is 4.71. The molecule has 2 N–H and O–H groups in total. The van der Waals surface area contributed by atoms with Gasteiger partial charge in [-0.3, -0.25) is 0 Å². The Morgan fingerprint density at radius 2 is 1.29 bits per heavy atom. The number of phenolic OH excluding ortho intramolecular Hbond substituents is 2. The highest BCUT2D eigenvalue weighted by molar-refractivity contribution is 5.93. The molecule has 2 heteroatoms. The van der Waals surface area contributed by atoms with Crippen molar-refractivity contribution in [2.75, 3.05) is 0 Å². The second-order valence-electron chi connectivity index (χ2n) is 3.81. The van der Waals surface area contributed by atoms with Gasteiger partial charge < -0.3 is 10.2 Å². The van der Waals surface area contributed by atoms with Crippen LogP contribution in [0.1, 0.15) is 11.1 Å². The number of hydrogen-bond donors (Lipinski definition) is 2. The van der Waals surface area contributed by atoms with Crippen molar-refractivity contribution in [2.45, 2.75) is 12.8 Å². The lowest BCUT2D eigenvalue weighted by Gasteiger charge is -2.03. The molecule has 1 aliphatic carbocycles. The SMILES string of the molecule is Oc1cc2c3c(cc(O)cc3c1)CC2. The molecule has 1 aliphatic rings. The van der Waals surface area contributed by atoms with Crippen molar-refractivity contribution in [1.82, 2.24) is 0 Å². The minimum atomic E-state index is 0.283. The van der Waals surface area contributed by atoms with E-state index in [-0.39, 0.29) is 11.5 Å². The van der Waals surface area contributed by atoms with E-state index in [1.165, 1.54) is 16.5 Å². The van der Waals surface area contributed by atoms with Crippen LogP contribution >= 0.6 is 0 Å².